The van der Waals surface area contributed by atoms with Crippen LogP contribution in [0.5, 0.6) is 0 Å². The van der Waals surface area contributed by atoms with Gasteiger partial charge >= 0.3 is 0 Å². The molecule has 140 valence electrons. The molecule has 4 rings (SSSR count). The van der Waals surface area contributed by atoms with Crippen molar-refractivity contribution < 1.29 is 17.2 Å². The molecular formula is C16H19F2N5O2S. The average Bonchev–Trinajstić information content (AvgIpc) is 3.05. The molecule has 0 bridgehead atoms. The molecule has 1 aromatic heterocycles. The van der Waals surface area contributed by atoms with Gasteiger partial charge in [0, 0.05) is 38.2 Å². The van der Waals surface area contributed by atoms with Gasteiger partial charge in [-0.3, -0.25) is 0 Å². The molecule has 1 N–H and O–H groups in total. The quantitative estimate of drug-likeness (QED) is 0.862. The molecule has 26 heavy (non-hydrogen) atoms. The lowest BCUT2D eigenvalue weighted by atomic mass is 9.97. The van der Waals surface area contributed by atoms with Gasteiger partial charge in [0.2, 0.25) is 10.0 Å². The third-order valence-corrected chi connectivity index (χ3v) is 6.82. The van der Waals surface area contributed by atoms with E-state index in [2.05, 4.69) is 20.1 Å². The molecule has 0 amide bonds. The van der Waals surface area contributed by atoms with Crippen molar-refractivity contribution >= 4 is 10.0 Å². The van der Waals surface area contributed by atoms with Gasteiger partial charge in [0.25, 0.3) is 0 Å². The first-order valence-corrected chi connectivity index (χ1v) is 9.98. The predicted octanol–water partition coefficient (Wildman–Crippen LogP) is 1.23. The third kappa shape index (κ3) is 3.12. The van der Waals surface area contributed by atoms with Gasteiger partial charge in [0.15, 0.2) is 0 Å². The van der Waals surface area contributed by atoms with Crippen molar-refractivity contribution in [1.82, 2.24) is 24.4 Å². The monoisotopic (exact) mass is 383 g/mol. The Balaban J connectivity index is 1.50. The van der Waals surface area contributed by atoms with Crippen molar-refractivity contribution in [1.29, 1.82) is 0 Å². The summed E-state index contributed by atoms with van der Waals surface area (Å²) in [5.41, 5.74) is 0. The van der Waals surface area contributed by atoms with Crippen LogP contribution in [-0.4, -0.2) is 47.1 Å². The lowest BCUT2D eigenvalue weighted by molar-refractivity contribution is 0.307. The van der Waals surface area contributed by atoms with E-state index < -0.39 is 21.7 Å². The van der Waals surface area contributed by atoms with E-state index >= 15 is 0 Å². The number of benzene rings is 1. The Kier molecular flexibility index (Phi) is 4.49. The smallest absolute Gasteiger partial charge is 0.243 e. The maximum Gasteiger partial charge on any atom is 0.243 e. The normalized spacial score (nSPS) is 19.5. The summed E-state index contributed by atoms with van der Waals surface area (Å²) in [6.45, 7) is 2.91. The Labute approximate surface area is 150 Å². The number of hydrogen-bond donors (Lipinski definition) is 1. The molecule has 1 saturated heterocycles. The molecule has 0 spiro atoms. The van der Waals surface area contributed by atoms with Crippen molar-refractivity contribution in [3.63, 3.8) is 0 Å². The Bertz CT molecular complexity index is 902. The van der Waals surface area contributed by atoms with Gasteiger partial charge in [-0.05, 0) is 25.0 Å². The van der Waals surface area contributed by atoms with Crippen molar-refractivity contribution in [2.45, 2.75) is 36.7 Å². The summed E-state index contributed by atoms with van der Waals surface area (Å²) in [6, 6.07) is 2.37. The van der Waals surface area contributed by atoms with E-state index in [4.69, 9.17) is 0 Å². The largest absolute Gasteiger partial charge is 0.312 e. The van der Waals surface area contributed by atoms with Crippen molar-refractivity contribution in [2.24, 2.45) is 0 Å². The van der Waals surface area contributed by atoms with E-state index in [1.165, 1.54) is 4.31 Å². The summed E-state index contributed by atoms with van der Waals surface area (Å²) in [5.74, 6) is 0.126. The molecule has 0 atom stereocenters. The maximum absolute atomic E-state index is 13.4. The number of halogens is 2. The topological polar surface area (TPSA) is 80.1 Å². The van der Waals surface area contributed by atoms with Crippen molar-refractivity contribution in [3.8, 4) is 0 Å². The fourth-order valence-corrected chi connectivity index (χ4v) is 5.11. The highest BCUT2D eigenvalue weighted by Crippen LogP contribution is 2.30. The van der Waals surface area contributed by atoms with Crippen molar-refractivity contribution in [3.05, 3.63) is 41.5 Å². The van der Waals surface area contributed by atoms with Crippen LogP contribution in [0, 0.1) is 11.6 Å². The second-order valence-electron chi connectivity index (χ2n) is 6.59. The zero-order chi connectivity index (χ0) is 18.3. The van der Waals surface area contributed by atoms with Crippen LogP contribution in [0.1, 0.15) is 30.4 Å². The lowest BCUT2D eigenvalue weighted by Gasteiger charge is -2.31. The Hall–Kier alpha value is -1.91. The van der Waals surface area contributed by atoms with E-state index in [-0.39, 0.29) is 23.9 Å². The van der Waals surface area contributed by atoms with E-state index in [0.29, 0.717) is 25.5 Å². The summed E-state index contributed by atoms with van der Waals surface area (Å²) < 4.78 is 55.5. The van der Waals surface area contributed by atoms with Crippen LogP contribution >= 0.6 is 0 Å². The first-order chi connectivity index (χ1) is 12.4. The molecule has 10 heteroatoms. The minimum atomic E-state index is -3.92. The SMILES string of the molecule is O=S(=O)(c1cc(F)cc(F)c1)N1CCC(c2nnc3n2CCNC3)CC1. The van der Waals surface area contributed by atoms with Crippen LogP contribution in [-0.2, 0) is 23.1 Å². The van der Waals surface area contributed by atoms with E-state index in [9.17, 15) is 17.2 Å². The highest BCUT2D eigenvalue weighted by Gasteiger charge is 2.33. The number of nitrogens with zero attached hydrogens (tertiary/aromatic N) is 4. The first kappa shape index (κ1) is 17.5. The molecule has 2 aliphatic rings. The summed E-state index contributed by atoms with van der Waals surface area (Å²) in [4.78, 5) is -0.348. The number of rotatable bonds is 3. The van der Waals surface area contributed by atoms with E-state index in [1.807, 2.05) is 0 Å². The molecule has 1 fully saturated rings. The second kappa shape index (κ2) is 6.67. The average molecular weight is 383 g/mol. The predicted molar refractivity (Wildman–Crippen MR) is 88.8 cm³/mol. The molecule has 0 unspecified atom stereocenters. The first-order valence-electron chi connectivity index (χ1n) is 8.54. The molecular weight excluding hydrogens is 364 g/mol. The number of fused-ring (bicyclic) bond motifs is 1. The minimum Gasteiger partial charge on any atom is -0.312 e. The van der Waals surface area contributed by atoms with Crippen LogP contribution < -0.4 is 5.32 Å². The van der Waals surface area contributed by atoms with Crippen LogP contribution in [0.15, 0.2) is 23.1 Å². The van der Waals surface area contributed by atoms with Gasteiger partial charge in [0.05, 0.1) is 11.4 Å². The number of hydrogen-bond acceptors (Lipinski definition) is 5. The molecule has 2 aliphatic heterocycles. The van der Waals surface area contributed by atoms with Crippen LogP contribution in [0.25, 0.3) is 0 Å². The fourth-order valence-electron chi connectivity index (χ4n) is 3.60. The summed E-state index contributed by atoms with van der Waals surface area (Å²) in [6.07, 6.45) is 1.20. The molecule has 2 aromatic rings. The molecule has 1 aromatic carbocycles. The summed E-state index contributed by atoms with van der Waals surface area (Å²) >= 11 is 0. The Morgan fingerprint density at radius 1 is 1.04 bits per heavy atom. The van der Waals surface area contributed by atoms with Gasteiger partial charge in [-0.15, -0.1) is 10.2 Å². The van der Waals surface area contributed by atoms with Crippen LogP contribution in [0.2, 0.25) is 0 Å². The second-order valence-corrected chi connectivity index (χ2v) is 8.52. The fraction of sp³-hybridized carbons (Fsp3) is 0.500. The Morgan fingerprint density at radius 2 is 1.73 bits per heavy atom. The van der Waals surface area contributed by atoms with Gasteiger partial charge in [-0.25, -0.2) is 17.2 Å². The lowest BCUT2D eigenvalue weighted by Crippen LogP contribution is -2.39. The molecule has 0 saturated carbocycles. The highest BCUT2D eigenvalue weighted by atomic mass is 32.2. The molecule has 0 radical (unpaired) electrons. The molecule has 0 aliphatic carbocycles. The van der Waals surface area contributed by atoms with Crippen molar-refractivity contribution in [2.75, 3.05) is 19.6 Å². The summed E-state index contributed by atoms with van der Waals surface area (Å²) in [7, 11) is -3.92. The van der Waals surface area contributed by atoms with E-state index in [0.717, 1.165) is 36.9 Å². The zero-order valence-electron chi connectivity index (χ0n) is 14.0. The van der Waals surface area contributed by atoms with Crippen LogP contribution in [0.4, 0.5) is 8.78 Å². The van der Waals surface area contributed by atoms with Gasteiger partial charge in [0.1, 0.15) is 23.3 Å². The minimum absolute atomic E-state index is 0.130. The molecule has 7 nitrogen and oxygen atoms in total. The van der Waals surface area contributed by atoms with Gasteiger partial charge < -0.3 is 9.88 Å². The number of sulfonamides is 1. The maximum atomic E-state index is 13.4. The van der Waals surface area contributed by atoms with Gasteiger partial charge in [-0.1, -0.05) is 0 Å². The number of nitrogens with one attached hydrogen (secondary N) is 1. The third-order valence-electron chi connectivity index (χ3n) is 4.94. The van der Waals surface area contributed by atoms with Gasteiger partial charge in [-0.2, -0.15) is 4.31 Å². The zero-order valence-corrected chi connectivity index (χ0v) is 14.8. The number of aromatic nitrogens is 3. The molecule has 3 heterocycles. The van der Waals surface area contributed by atoms with E-state index in [1.54, 1.807) is 0 Å². The number of piperidine rings is 1. The highest BCUT2D eigenvalue weighted by molar-refractivity contribution is 7.89. The standard InChI is InChI=1S/C16H19F2N5O2S/c17-12-7-13(18)9-14(8-12)26(24,25)22-4-1-11(2-5-22)16-21-20-15-10-19-3-6-23(15)16/h7-9,11,19H,1-6,10H2. The summed E-state index contributed by atoms with van der Waals surface area (Å²) in [5, 5.41) is 11.7. The van der Waals surface area contributed by atoms with Crippen LogP contribution in [0.3, 0.4) is 0 Å². The Morgan fingerprint density at radius 3 is 2.42 bits per heavy atom.